The van der Waals surface area contributed by atoms with Crippen LogP contribution in [0.25, 0.3) is 0 Å². The third kappa shape index (κ3) is 4.29. The smallest absolute Gasteiger partial charge is 0.231 e. The zero-order valence-electron chi connectivity index (χ0n) is 10.9. The van der Waals surface area contributed by atoms with Crippen LogP contribution < -0.4 is 11.5 Å². The van der Waals surface area contributed by atoms with Crippen molar-refractivity contribution < 1.29 is 9.18 Å². The zero-order valence-corrected chi connectivity index (χ0v) is 10.9. The van der Waals surface area contributed by atoms with Crippen LogP contribution >= 0.6 is 0 Å². The Balaban J connectivity index is 1.97. The minimum Gasteiger partial charge on any atom is -0.369 e. The van der Waals surface area contributed by atoms with E-state index in [-0.39, 0.29) is 24.3 Å². The van der Waals surface area contributed by atoms with Crippen LogP contribution in [0.1, 0.15) is 12.0 Å². The first-order valence-electron chi connectivity index (χ1n) is 6.53. The second-order valence-corrected chi connectivity index (χ2v) is 5.36. The van der Waals surface area contributed by atoms with Crippen molar-refractivity contribution in [1.82, 2.24) is 4.90 Å². The summed E-state index contributed by atoms with van der Waals surface area (Å²) in [5, 5.41) is 0. The molecule has 1 amide bonds. The maximum absolute atomic E-state index is 13.2. The average Bonchev–Trinajstić information content (AvgIpc) is 2.26. The van der Waals surface area contributed by atoms with E-state index in [1.165, 1.54) is 6.07 Å². The Bertz CT molecular complexity index is 452. The first-order chi connectivity index (χ1) is 9.02. The first kappa shape index (κ1) is 14.0. The molecule has 1 saturated heterocycles. The van der Waals surface area contributed by atoms with E-state index in [1.54, 1.807) is 12.1 Å². The van der Waals surface area contributed by atoms with E-state index in [2.05, 4.69) is 0 Å². The molecule has 0 bridgehead atoms. The van der Waals surface area contributed by atoms with Gasteiger partial charge in [-0.1, -0.05) is 12.1 Å². The summed E-state index contributed by atoms with van der Waals surface area (Å²) >= 11 is 0. The molecule has 104 valence electrons. The van der Waals surface area contributed by atoms with Gasteiger partial charge in [0, 0.05) is 19.1 Å². The fraction of sp³-hybridized carbons (Fsp3) is 0.500. The van der Waals surface area contributed by atoms with Gasteiger partial charge < -0.3 is 11.5 Å². The highest BCUT2D eigenvalue weighted by atomic mass is 19.1. The van der Waals surface area contributed by atoms with Crippen molar-refractivity contribution >= 4 is 5.91 Å². The number of amides is 1. The standard InChI is InChI=1S/C14H20FN3O/c15-12-3-1-2-10(5-12)4-11-6-13(16)8-18(7-11)9-14(17)19/h1-3,5,11,13H,4,6-9,16H2,(H2,17,19). The molecule has 4 nitrogen and oxygen atoms in total. The molecule has 2 atom stereocenters. The number of rotatable bonds is 4. The molecule has 0 spiro atoms. The Hall–Kier alpha value is -1.46. The number of piperidine rings is 1. The summed E-state index contributed by atoms with van der Waals surface area (Å²) in [6.45, 7) is 1.73. The molecule has 4 N–H and O–H groups in total. The Labute approximate surface area is 112 Å². The average molecular weight is 265 g/mol. The van der Waals surface area contributed by atoms with Crippen LogP contribution in [0.2, 0.25) is 0 Å². The maximum atomic E-state index is 13.2. The zero-order chi connectivity index (χ0) is 13.8. The van der Waals surface area contributed by atoms with E-state index in [9.17, 15) is 9.18 Å². The number of nitrogens with zero attached hydrogens (tertiary/aromatic N) is 1. The van der Waals surface area contributed by atoms with Gasteiger partial charge in [0.25, 0.3) is 0 Å². The van der Waals surface area contributed by atoms with E-state index >= 15 is 0 Å². The van der Waals surface area contributed by atoms with Crippen LogP contribution in [-0.4, -0.2) is 36.5 Å². The van der Waals surface area contributed by atoms with Gasteiger partial charge in [0.1, 0.15) is 5.82 Å². The quantitative estimate of drug-likeness (QED) is 0.833. The number of hydrogen-bond donors (Lipinski definition) is 2. The summed E-state index contributed by atoms with van der Waals surface area (Å²) in [6, 6.07) is 6.68. The number of nitrogens with two attached hydrogens (primary N) is 2. The minimum atomic E-state index is -0.335. The maximum Gasteiger partial charge on any atom is 0.231 e. The third-order valence-corrected chi connectivity index (χ3v) is 3.44. The second-order valence-electron chi connectivity index (χ2n) is 5.36. The van der Waals surface area contributed by atoms with Gasteiger partial charge in [0.15, 0.2) is 0 Å². The van der Waals surface area contributed by atoms with E-state index in [1.807, 2.05) is 11.0 Å². The third-order valence-electron chi connectivity index (χ3n) is 3.44. The minimum absolute atomic E-state index is 0.0478. The fourth-order valence-electron chi connectivity index (χ4n) is 2.84. The number of carbonyl (C=O) groups excluding carboxylic acids is 1. The summed E-state index contributed by atoms with van der Waals surface area (Å²) in [5.74, 6) is -0.213. The molecule has 2 unspecified atom stereocenters. The number of likely N-dealkylation sites (tertiary alicyclic amines) is 1. The van der Waals surface area contributed by atoms with Crippen LogP contribution in [0.4, 0.5) is 4.39 Å². The van der Waals surface area contributed by atoms with Crippen LogP contribution in [0.15, 0.2) is 24.3 Å². The van der Waals surface area contributed by atoms with Crippen molar-refractivity contribution in [3.63, 3.8) is 0 Å². The van der Waals surface area contributed by atoms with Gasteiger partial charge in [-0.25, -0.2) is 4.39 Å². The predicted molar refractivity (Wildman–Crippen MR) is 71.8 cm³/mol. The molecule has 19 heavy (non-hydrogen) atoms. The molecule has 1 aliphatic rings. The van der Waals surface area contributed by atoms with Crippen molar-refractivity contribution in [1.29, 1.82) is 0 Å². The Morgan fingerprint density at radius 2 is 2.21 bits per heavy atom. The molecule has 1 aromatic rings. The van der Waals surface area contributed by atoms with Crippen LogP contribution in [-0.2, 0) is 11.2 Å². The van der Waals surface area contributed by atoms with Crippen LogP contribution in [0, 0.1) is 11.7 Å². The Kier molecular flexibility index (Phi) is 4.50. The predicted octanol–water partition coefficient (Wildman–Crippen LogP) is 0.503. The molecule has 1 aromatic carbocycles. The van der Waals surface area contributed by atoms with Crippen LogP contribution in [0.5, 0.6) is 0 Å². The SMILES string of the molecule is NC(=O)CN1CC(N)CC(Cc2cccc(F)c2)C1. The molecule has 1 aliphatic heterocycles. The summed E-state index contributed by atoms with van der Waals surface area (Å²) in [4.78, 5) is 13.0. The van der Waals surface area contributed by atoms with Crippen molar-refractivity contribution in [2.24, 2.45) is 17.4 Å². The van der Waals surface area contributed by atoms with Crippen molar-refractivity contribution in [3.8, 4) is 0 Å². The molecule has 5 heteroatoms. The summed E-state index contributed by atoms with van der Waals surface area (Å²) < 4.78 is 13.2. The summed E-state index contributed by atoms with van der Waals surface area (Å²) in [7, 11) is 0. The number of primary amides is 1. The van der Waals surface area contributed by atoms with Gasteiger partial charge in [0.05, 0.1) is 6.54 Å². The molecular formula is C14H20FN3O. The molecule has 0 saturated carbocycles. The lowest BCUT2D eigenvalue weighted by atomic mass is 9.89. The molecule has 0 aliphatic carbocycles. The van der Waals surface area contributed by atoms with Crippen molar-refractivity contribution in [2.45, 2.75) is 18.9 Å². The monoisotopic (exact) mass is 265 g/mol. The van der Waals surface area contributed by atoms with Crippen molar-refractivity contribution in [3.05, 3.63) is 35.6 Å². The highest BCUT2D eigenvalue weighted by Crippen LogP contribution is 2.20. The van der Waals surface area contributed by atoms with Gasteiger partial charge in [-0.15, -0.1) is 0 Å². The van der Waals surface area contributed by atoms with Gasteiger partial charge in [-0.3, -0.25) is 9.69 Å². The van der Waals surface area contributed by atoms with Gasteiger partial charge in [-0.2, -0.15) is 0 Å². The normalized spacial score (nSPS) is 24.3. The van der Waals surface area contributed by atoms with E-state index < -0.39 is 0 Å². The molecule has 2 rings (SSSR count). The number of hydrogen-bond acceptors (Lipinski definition) is 3. The van der Waals surface area contributed by atoms with E-state index in [0.717, 1.165) is 24.9 Å². The number of benzene rings is 1. The number of carbonyl (C=O) groups is 1. The van der Waals surface area contributed by atoms with E-state index in [0.29, 0.717) is 12.5 Å². The molecule has 1 fully saturated rings. The highest BCUT2D eigenvalue weighted by Gasteiger charge is 2.25. The van der Waals surface area contributed by atoms with E-state index in [4.69, 9.17) is 11.5 Å². The fourth-order valence-corrected chi connectivity index (χ4v) is 2.84. The van der Waals surface area contributed by atoms with Crippen molar-refractivity contribution in [2.75, 3.05) is 19.6 Å². The molecule has 0 radical (unpaired) electrons. The second kappa shape index (κ2) is 6.12. The molecule has 1 heterocycles. The molecule has 0 aromatic heterocycles. The first-order valence-corrected chi connectivity index (χ1v) is 6.53. The highest BCUT2D eigenvalue weighted by molar-refractivity contribution is 5.75. The van der Waals surface area contributed by atoms with Crippen LogP contribution in [0.3, 0.4) is 0 Å². The lowest BCUT2D eigenvalue weighted by Crippen LogP contribution is -2.49. The largest absolute Gasteiger partial charge is 0.369 e. The van der Waals surface area contributed by atoms with Gasteiger partial charge in [-0.05, 0) is 36.5 Å². The Morgan fingerprint density at radius 3 is 2.89 bits per heavy atom. The van der Waals surface area contributed by atoms with Gasteiger partial charge >= 0.3 is 0 Å². The van der Waals surface area contributed by atoms with Gasteiger partial charge in [0.2, 0.25) is 5.91 Å². The summed E-state index contributed by atoms with van der Waals surface area (Å²) in [5.41, 5.74) is 12.2. The Morgan fingerprint density at radius 1 is 1.42 bits per heavy atom. The number of halogens is 1. The summed E-state index contributed by atoms with van der Waals surface area (Å²) in [6.07, 6.45) is 1.67. The lowest BCUT2D eigenvalue weighted by molar-refractivity contribution is -0.119. The lowest BCUT2D eigenvalue weighted by Gasteiger charge is -2.35. The topological polar surface area (TPSA) is 72.4 Å². The molecular weight excluding hydrogens is 245 g/mol.